The van der Waals surface area contributed by atoms with Crippen molar-refractivity contribution < 1.29 is 4.79 Å². The molecular weight excluding hydrogens is 338 g/mol. The average Bonchev–Trinajstić information content (AvgIpc) is 2.21. The van der Waals surface area contributed by atoms with Gasteiger partial charge in [-0.2, -0.15) is 0 Å². The van der Waals surface area contributed by atoms with Crippen LogP contribution in [0.4, 0.5) is 0 Å². The Hall–Kier alpha value is -0.330. The number of carbonyl (C=O) groups excluding carboxylic acids is 1. The molecule has 0 aromatic heterocycles. The van der Waals surface area contributed by atoms with Gasteiger partial charge in [-0.15, -0.1) is 0 Å². The van der Waals surface area contributed by atoms with Gasteiger partial charge in [0.2, 0.25) is 0 Å². The van der Waals surface area contributed by atoms with E-state index in [2.05, 4.69) is 27.9 Å². The van der Waals surface area contributed by atoms with E-state index in [1.54, 1.807) is 18.2 Å². The lowest BCUT2D eigenvalue weighted by Gasteiger charge is -2.07. The van der Waals surface area contributed by atoms with Crippen LogP contribution in [-0.4, -0.2) is 18.5 Å². The Morgan fingerprint density at radius 2 is 2.31 bits per heavy atom. The predicted molar refractivity (Wildman–Crippen MR) is 74.8 cm³/mol. The standard InChI is InChI=1S/C11H14ClIN2O/c1-7(14)4-5-15-11(16)8-2-3-9(12)10(13)6-8/h2-3,6-7H,4-5,14H2,1H3,(H,15,16). The maximum atomic E-state index is 11.7. The first-order valence-corrected chi connectivity index (χ1v) is 6.45. The van der Waals surface area contributed by atoms with Crippen LogP contribution in [0.2, 0.25) is 5.02 Å². The fourth-order valence-corrected chi connectivity index (χ4v) is 1.79. The van der Waals surface area contributed by atoms with Crippen LogP contribution in [-0.2, 0) is 0 Å². The van der Waals surface area contributed by atoms with Gasteiger partial charge < -0.3 is 11.1 Å². The minimum atomic E-state index is -0.0877. The van der Waals surface area contributed by atoms with Gasteiger partial charge in [0.05, 0.1) is 5.02 Å². The van der Waals surface area contributed by atoms with Crippen LogP contribution in [0.25, 0.3) is 0 Å². The zero-order valence-electron chi connectivity index (χ0n) is 8.97. The summed E-state index contributed by atoms with van der Waals surface area (Å²) in [7, 11) is 0. The van der Waals surface area contributed by atoms with Crippen molar-refractivity contribution in [1.82, 2.24) is 5.32 Å². The van der Waals surface area contributed by atoms with E-state index in [0.717, 1.165) is 9.99 Å². The first-order valence-electron chi connectivity index (χ1n) is 4.99. The van der Waals surface area contributed by atoms with Crippen molar-refractivity contribution in [3.05, 3.63) is 32.4 Å². The Labute approximate surface area is 114 Å². The molecule has 0 aliphatic heterocycles. The van der Waals surface area contributed by atoms with Crippen molar-refractivity contribution in [1.29, 1.82) is 0 Å². The Bertz CT molecular complexity index is 382. The van der Waals surface area contributed by atoms with Crippen molar-refractivity contribution >= 4 is 40.1 Å². The number of hydrogen-bond donors (Lipinski definition) is 2. The molecule has 1 unspecified atom stereocenters. The molecule has 88 valence electrons. The molecule has 1 amide bonds. The molecule has 5 heteroatoms. The van der Waals surface area contributed by atoms with Crippen LogP contribution in [0.1, 0.15) is 23.7 Å². The van der Waals surface area contributed by atoms with E-state index >= 15 is 0 Å². The van der Waals surface area contributed by atoms with E-state index < -0.39 is 0 Å². The van der Waals surface area contributed by atoms with Gasteiger partial charge in [0.25, 0.3) is 5.91 Å². The summed E-state index contributed by atoms with van der Waals surface area (Å²) in [4.78, 5) is 11.7. The average molecular weight is 353 g/mol. The van der Waals surface area contributed by atoms with E-state index in [1.165, 1.54) is 0 Å². The van der Waals surface area contributed by atoms with Gasteiger partial charge in [-0.3, -0.25) is 4.79 Å². The van der Waals surface area contributed by atoms with Crippen LogP contribution in [0.15, 0.2) is 18.2 Å². The van der Waals surface area contributed by atoms with Crippen LogP contribution in [0, 0.1) is 3.57 Å². The summed E-state index contributed by atoms with van der Waals surface area (Å²) in [6.45, 7) is 2.51. The van der Waals surface area contributed by atoms with E-state index in [9.17, 15) is 4.79 Å². The Morgan fingerprint density at radius 1 is 1.62 bits per heavy atom. The molecule has 0 spiro atoms. The summed E-state index contributed by atoms with van der Waals surface area (Å²) in [6.07, 6.45) is 0.774. The smallest absolute Gasteiger partial charge is 0.251 e. The lowest BCUT2D eigenvalue weighted by Crippen LogP contribution is -2.28. The van der Waals surface area contributed by atoms with Gasteiger partial charge in [0, 0.05) is 21.7 Å². The van der Waals surface area contributed by atoms with Crippen LogP contribution >= 0.6 is 34.2 Å². The first-order chi connectivity index (χ1) is 7.50. The number of rotatable bonds is 4. The fraction of sp³-hybridized carbons (Fsp3) is 0.364. The lowest BCUT2D eigenvalue weighted by molar-refractivity contribution is 0.0952. The van der Waals surface area contributed by atoms with E-state index in [0.29, 0.717) is 17.1 Å². The predicted octanol–water partition coefficient (Wildman–Crippen LogP) is 2.41. The van der Waals surface area contributed by atoms with Crippen molar-refractivity contribution in [2.24, 2.45) is 5.73 Å². The number of nitrogens with two attached hydrogens (primary N) is 1. The molecule has 0 bridgehead atoms. The van der Waals surface area contributed by atoms with Gasteiger partial charge in [-0.25, -0.2) is 0 Å². The van der Waals surface area contributed by atoms with Gasteiger partial charge >= 0.3 is 0 Å². The summed E-state index contributed by atoms with van der Waals surface area (Å²) < 4.78 is 0.874. The van der Waals surface area contributed by atoms with Crippen molar-refractivity contribution in [2.45, 2.75) is 19.4 Å². The molecule has 0 aliphatic carbocycles. The Morgan fingerprint density at radius 3 is 2.88 bits per heavy atom. The summed E-state index contributed by atoms with van der Waals surface area (Å²) in [5, 5.41) is 3.47. The number of nitrogens with one attached hydrogen (secondary N) is 1. The summed E-state index contributed by atoms with van der Waals surface area (Å²) in [6, 6.07) is 5.31. The maximum Gasteiger partial charge on any atom is 0.251 e. The highest BCUT2D eigenvalue weighted by Crippen LogP contribution is 2.19. The molecule has 16 heavy (non-hydrogen) atoms. The minimum absolute atomic E-state index is 0.0877. The molecule has 0 fully saturated rings. The van der Waals surface area contributed by atoms with E-state index in [4.69, 9.17) is 17.3 Å². The zero-order chi connectivity index (χ0) is 12.1. The fourth-order valence-electron chi connectivity index (χ4n) is 1.15. The molecule has 1 aromatic carbocycles. The SMILES string of the molecule is CC(N)CCNC(=O)c1ccc(Cl)c(I)c1. The Kier molecular flexibility index (Phi) is 5.51. The monoisotopic (exact) mass is 352 g/mol. The lowest BCUT2D eigenvalue weighted by atomic mass is 10.2. The summed E-state index contributed by atoms with van der Waals surface area (Å²) in [5.41, 5.74) is 6.21. The van der Waals surface area contributed by atoms with Gasteiger partial charge in [-0.1, -0.05) is 11.6 Å². The molecule has 0 saturated heterocycles. The molecule has 1 rings (SSSR count). The van der Waals surface area contributed by atoms with Crippen LogP contribution < -0.4 is 11.1 Å². The molecular formula is C11H14ClIN2O. The molecule has 3 nitrogen and oxygen atoms in total. The zero-order valence-corrected chi connectivity index (χ0v) is 11.9. The topological polar surface area (TPSA) is 55.1 Å². The molecule has 1 atom stereocenters. The van der Waals surface area contributed by atoms with Gasteiger partial charge in [0.1, 0.15) is 0 Å². The first kappa shape index (κ1) is 13.7. The summed E-state index contributed by atoms with van der Waals surface area (Å²) >= 11 is 7.98. The van der Waals surface area contributed by atoms with E-state index in [1.807, 2.05) is 6.92 Å². The second kappa shape index (κ2) is 6.42. The normalized spacial score (nSPS) is 12.2. The van der Waals surface area contributed by atoms with Crippen molar-refractivity contribution in [3.63, 3.8) is 0 Å². The number of halogens is 2. The van der Waals surface area contributed by atoms with Crippen LogP contribution in [0.3, 0.4) is 0 Å². The summed E-state index contributed by atoms with van der Waals surface area (Å²) in [5.74, 6) is -0.0877. The number of hydrogen-bond acceptors (Lipinski definition) is 2. The van der Waals surface area contributed by atoms with Crippen molar-refractivity contribution in [3.8, 4) is 0 Å². The minimum Gasteiger partial charge on any atom is -0.352 e. The van der Waals surface area contributed by atoms with Gasteiger partial charge in [-0.05, 0) is 54.1 Å². The molecule has 0 heterocycles. The largest absolute Gasteiger partial charge is 0.352 e. The number of benzene rings is 1. The third-order valence-corrected chi connectivity index (χ3v) is 3.61. The van der Waals surface area contributed by atoms with Gasteiger partial charge in [0.15, 0.2) is 0 Å². The number of amides is 1. The van der Waals surface area contributed by atoms with Crippen LogP contribution in [0.5, 0.6) is 0 Å². The third kappa shape index (κ3) is 4.27. The highest BCUT2D eigenvalue weighted by Gasteiger charge is 2.07. The second-order valence-corrected chi connectivity index (χ2v) is 5.22. The molecule has 0 radical (unpaired) electrons. The second-order valence-electron chi connectivity index (χ2n) is 3.65. The maximum absolute atomic E-state index is 11.7. The third-order valence-electron chi connectivity index (χ3n) is 2.07. The molecule has 0 aliphatic rings. The quantitative estimate of drug-likeness (QED) is 0.818. The van der Waals surface area contributed by atoms with Crippen molar-refractivity contribution in [2.75, 3.05) is 6.54 Å². The Balaban J connectivity index is 2.56. The highest BCUT2D eigenvalue weighted by atomic mass is 127. The molecule has 3 N–H and O–H groups in total. The number of carbonyl (C=O) groups is 1. The molecule has 0 saturated carbocycles. The van der Waals surface area contributed by atoms with E-state index in [-0.39, 0.29) is 11.9 Å². The highest BCUT2D eigenvalue weighted by molar-refractivity contribution is 14.1. The molecule has 1 aromatic rings.